The molecule has 1 fully saturated rings. The van der Waals surface area contributed by atoms with Gasteiger partial charge < -0.3 is 14.3 Å². The number of aliphatic hydroxyl groups excluding tert-OH is 1. The lowest BCUT2D eigenvalue weighted by Gasteiger charge is -2.33. The Kier molecular flexibility index (Phi) is 4.45. The van der Waals surface area contributed by atoms with E-state index in [1.165, 1.54) is 0 Å². The fourth-order valence-corrected chi connectivity index (χ4v) is 2.72. The minimum absolute atomic E-state index is 0.259. The number of ether oxygens (including phenoxy) is 1. The zero-order valence-corrected chi connectivity index (χ0v) is 13.0. The number of hydrogen-bond acceptors (Lipinski definition) is 5. The zero-order chi connectivity index (χ0) is 15.5. The van der Waals surface area contributed by atoms with E-state index in [0.717, 1.165) is 30.0 Å². The summed E-state index contributed by atoms with van der Waals surface area (Å²) in [5.74, 6) is 2.63. The van der Waals surface area contributed by atoms with Crippen LogP contribution in [0, 0.1) is 5.92 Å². The molecular formula is C17H22N2O3. The monoisotopic (exact) mass is 302 g/mol. The number of hydrogen-bond donors (Lipinski definition) is 1. The minimum atomic E-state index is -0.259. The summed E-state index contributed by atoms with van der Waals surface area (Å²) in [4.78, 5) is 6.54. The smallest absolute Gasteiger partial charge is 0.209 e. The van der Waals surface area contributed by atoms with E-state index in [9.17, 15) is 5.11 Å². The second-order valence-corrected chi connectivity index (χ2v) is 5.92. The third-order valence-electron chi connectivity index (χ3n) is 4.29. The average molecular weight is 302 g/mol. The molecule has 1 saturated heterocycles. The molecule has 3 rings (SSSR count). The second kappa shape index (κ2) is 6.50. The Morgan fingerprint density at radius 1 is 1.36 bits per heavy atom. The first-order valence-corrected chi connectivity index (χ1v) is 7.65. The molecule has 118 valence electrons. The molecule has 2 heterocycles. The molecule has 5 nitrogen and oxygen atoms in total. The maximum atomic E-state index is 9.95. The predicted octanol–water partition coefficient (Wildman–Crippen LogP) is 2.55. The van der Waals surface area contributed by atoms with Crippen LogP contribution >= 0.6 is 0 Å². The number of aromatic nitrogens is 1. The number of rotatable bonds is 4. The number of benzene rings is 1. The van der Waals surface area contributed by atoms with E-state index in [4.69, 9.17) is 9.15 Å². The Labute approximate surface area is 130 Å². The second-order valence-electron chi connectivity index (χ2n) is 5.92. The Morgan fingerprint density at radius 3 is 2.82 bits per heavy atom. The molecule has 5 heteroatoms. The fourth-order valence-electron chi connectivity index (χ4n) is 2.72. The maximum Gasteiger partial charge on any atom is 0.209 e. The lowest BCUT2D eigenvalue weighted by molar-refractivity contribution is 0.0228. The van der Waals surface area contributed by atoms with Crippen molar-refractivity contribution in [2.75, 3.05) is 20.2 Å². The quantitative estimate of drug-likeness (QED) is 0.940. The SMILES string of the molecule is COc1ccc(-c2cnc(CN3CCC(C)C(O)C3)o2)cc1. The molecule has 1 aromatic carbocycles. The average Bonchev–Trinajstić information content (AvgIpc) is 2.99. The van der Waals surface area contributed by atoms with E-state index in [0.29, 0.717) is 24.9 Å². The number of methoxy groups -OCH3 is 1. The van der Waals surface area contributed by atoms with E-state index >= 15 is 0 Å². The Bertz CT molecular complexity index is 609. The van der Waals surface area contributed by atoms with E-state index in [1.807, 2.05) is 24.3 Å². The largest absolute Gasteiger partial charge is 0.497 e. The summed E-state index contributed by atoms with van der Waals surface area (Å²) in [6, 6.07) is 7.71. The first kappa shape index (κ1) is 15.1. The van der Waals surface area contributed by atoms with Crippen molar-refractivity contribution in [2.45, 2.75) is 26.0 Å². The lowest BCUT2D eigenvalue weighted by atomic mass is 9.96. The minimum Gasteiger partial charge on any atom is -0.497 e. The molecule has 0 spiro atoms. The maximum absolute atomic E-state index is 9.95. The van der Waals surface area contributed by atoms with Crippen LogP contribution in [0.4, 0.5) is 0 Å². The summed E-state index contributed by atoms with van der Waals surface area (Å²) < 4.78 is 11.0. The molecule has 1 N–H and O–H groups in total. The number of piperidine rings is 1. The fraction of sp³-hybridized carbons (Fsp3) is 0.471. The number of likely N-dealkylation sites (tertiary alicyclic amines) is 1. The van der Waals surface area contributed by atoms with Gasteiger partial charge in [-0.2, -0.15) is 0 Å². The molecule has 0 amide bonds. The molecule has 22 heavy (non-hydrogen) atoms. The molecule has 2 atom stereocenters. The van der Waals surface area contributed by atoms with E-state index < -0.39 is 0 Å². The van der Waals surface area contributed by atoms with E-state index in [1.54, 1.807) is 13.3 Å². The van der Waals surface area contributed by atoms with Crippen molar-refractivity contribution >= 4 is 0 Å². The van der Waals surface area contributed by atoms with Gasteiger partial charge in [0.1, 0.15) is 5.75 Å². The van der Waals surface area contributed by atoms with Crippen molar-refractivity contribution in [1.82, 2.24) is 9.88 Å². The van der Waals surface area contributed by atoms with Gasteiger partial charge in [0.2, 0.25) is 5.89 Å². The molecule has 0 bridgehead atoms. The number of nitrogens with zero attached hydrogens (tertiary/aromatic N) is 2. The van der Waals surface area contributed by atoms with Crippen molar-refractivity contribution in [3.63, 3.8) is 0 Å². The molecule has 1 aromatic heterocycles. The molecule has 0 aliphatic carbocycles. The molecule has 2 aromatic rings. The molecule has 0 radical (unpaired) electrons. The van der Waals surface area contributed by atoms with Crippen LogP contribution in [0.1, 0.15) is 19.2 Å². The van der Waals surface area contributed by atoms with Crippen LogP contribution in [-0.2, 0) is 6.54 Å². The van der Waals surface area contributed by atoms with Gasteiger partial charge in [0.05, 0.1) is 26.0 Å². The third-order valence-corrected chi connectivity index (χ3v) is 4.29. The molecule has 0 saturated carbocycles. The van der Waals surface area contributed by atoms with Crippen LogP contribution in [-0.4, -0.2) is 41.3 Å². The van der Waals surface area contributed by atoms with Crippen molar-refractivity contribution < 1.29 is 14.3 Å². The van der Waals surface area contributed by atoms with Gasteiger partial charge in [-0.05, 0) is 43.1 Å². The van der Waals surface area contributed by atoms with Crippen molar-refractivity contribution in [3.8, 4) is 17.1 Å². The van der Waals surface area contributed by atoms with Crippen LogP contribution < -0.4 is 4.74 Å². The van der Waals surface area contributed by atoms with E-state index in [-0.39, 0.29) is 6.10 Å². The normalized spacial score (nSPS) is 22.7. The molecule has 2 unspecified atom stereocenters. The van der Waals surface area contributed by atoms with Gasteiger partial charge in [0, 0.05) is 12.1 Å². The van der Waals surface area contributed by atoms with Crippen LogP contribution in [0.5, 0.6) is 5.75 Å². The van der Waals surface area contributed by atoms with E-state index in [2.05, 4.69) is 16.8 Å². The third kappa shape index (κ3) is 3.31. The van der Waals surface area contributed by atoms with Gasteiger partial charge >= 0.3 is 0 Å². The number of oxazole rings is 1. The van der Waals surface area contributed by atoms with Crippen molar-refractivity contribution in [1.29, 1.82) is 0 Å². The molecule has 1 aliphatic heterocycles. The van der Waals surface area contributed by atoms with Crippen LogP contribution in [0.2, 0.25) is 0 Å². The number of aliphatic hydroxyl groups is 1. The Hall–Kier alpha value is -1.85. The molecule has 1 aliphatic rings. The van der Waals surface area contributed by atoms with Crippen molar-refractivity contribution in [3.05, 3.63) is 36.4 Å². The lowest BCUT2D eigenvalue weighted by Crippen LogP contribution is -2.42. The standard InChI is InChI=1S/C17H22N2O3/c1-12-7-8-19(10-15(12)20)11-17-18-9-16(22-17)13-3-5-14(21-2)6-4-13/h3-6,9,12,15,20H,7-8,10-11H2,1-2H3. The van der Waals surface area contributed by atoms with Crippen LogP contribution in [0.15, 0.2) is 34.9 Å². The Balaban J connectivity index is 1.65. The van der Waals surface area contributed by atoms with Gasteiger partial charge in [-0.1, -0.05) is 6.92 Å². The zero-order valence-electron chi connectivity index (χ0n) is 13.0. The highest BCUT2D eigenvalue weighted by molar-refractivity contribution is 5.57. The highest BCUT2D eigenvalue weighted by Crippen LogP contribution is 2.24. The number of β-amino-alcohol motifs (C(OH)–C–C–N with tert-alkyl or cyclic N) is 1. The van der Waals surface area contributed by atoms with Gasteiger partial charge in [0.15, 0.2) is 5.76 Å². The Morgan fingerprint density at radius 2 is 2.14 bits per heavy atom. The van der Waals surface area contributed by atoms with Crippen LogP contribution in [0.25, 0.3) is 11.3 Å². The van der Waals surface area contributed by atoms with Crippen molar-refractivity contribution in [2.24, 2.45) is 5.92 Å². The van der Waals surface area contributed by atoms with Crippen LogP contribution in [0.3, 0.4) is 0 Å². The summed E-state index contributed by atoms with van der Waals surface area (Å²) in [6.07, 6.45) is 2.50. The highest BCUT2D eigenvalue weighted by atomic mass is 16.5. The van der Waals surface area contributed by atoms with Gasteiger partial charge in [-0.15, -0.1) is 0 Å². The van der Waals surface area contributed by atoms with Gasteiger partial charge in [-0.3, -0.25) is 4.90 Å². The van der Waals surface area contributed by atoms with Gasteiger partial charge in [-0.25, -0.2) is 4.98 Å². The van der Waals surface area contributed by atoms with Gasteiger partial charge in [0.25, 0.3) is 0 Å². The summed E-state index contributed by atoms with van der Waals surface area (Å²) in [6.45, 7) is 4.38. The summed E-state index contributed by atoms with van der Waals surface area (Å²) in [7, 11) is 1.65. The predicted molar refractivity (Wildman–Crippen MR) is 83.6 cm³/mol. The first-order valence-electron chi connectivity index (χ1n) is 7.65. The summed E-state index contributed by atoms with van der Waals surface area (Å²) in [5.41, 5.74) is 0.979. The highest BCUT2D eigenvalue weighted by Gasteiger charge is 2.25. The summed E-state index contributed by atoms with van der Waals surface area (Å²) >= 11 is 0. The summed E-state index contributed by atoms with van der Waals surface area (Å²) in [5, 5.41) is 9.95. The first-order chi connectivity index (χ1) is 10.7. The topological polar surface area (TPSA) is 58.7 Å². The molecular weight excluding hydrogens is 280 g/mol.